The highest BCUT2D eigenvalue weighted by atomic mass is 16.5. The van der Waals surface area contributed by atoms with E-state index in [2.05, 4.69) is 5.32 Å². The van der Waals surface area contributed by atoms with E-state index in [0.717, 1.165) is 12.8 Å². The van der Waals surface area contributed by atoms with Crippen molar-refractivity contribution in [2.45, 2.75) is 19.8 Å². The number of allylic oxidation sites excluding steroid dienone is 1. The number of hydrogen-bond acceptors (Lipinski definition) is 4. The van der Waals surface area contributed by atoms with Crippen molar-refractivity contribution in [3.63, 3.8) is 0 Å². The molecule has 0 unspecified atom stereocenters. The molecule has 3 N–H and O–H groups in total. The number of aliphatic hydroxyl groups excluding tert-OH is 1. The number of nitrogens with one attached hydrogen (secondary N) is 2. The van der Waals surface area contributed by atoms with Crippen molar-refractivity contribution in [1.29, 1.82) is 5.41 Å². The van der Waals surface area contributed by atoms with E-state index in [1.165, 1.54) is 13.0 Å². The van der Waals surface area contributed by atoms with Crippen LogP contribution in [0.15, 0.2) is 12.0 Å². The summed E-state index contributed by atoms with van der Waals surface area (Å²) in [5.74, 6) is -0.489. The first kappa shape index (κ1) is 11.7. The van der Waals surface area contributed by atoms with Crippen molar-refractivity contribution in [3.8, 4) is 0 Å². The van der Waals surface area contributed by atoms with Crippen molar-refractivity contribution >= 4 is 11.6 Å². The highest BCUT2D eigenvalue weighted by Gasteiger charge is 2.17. The predicted molar refractivity (Wildman–Crippen MR) is 55.8 cm³/mol. The first-order chi connectivity index (χ1) is 7.09. The van der Waals surface area contributed by atoms with Gasteiger partial charge >= 0.3 is 0 Å². The van der Waals surface area contributed by atoms with E-state index in [-0.39, 0.29) is 17.7 Å². The molecule has 5 nitrogen and oxygen atoms in total. The Balaban J connectivity index is 2.48. The summed E-state index contributed by atoms with van der Waals surface area (Å²) in [5.41, 5.74) is 0.338. The maximum Gasteiger partial charge on any atom is 0.223 e. The number of ether oxygens (including phenoxy) is 1. The predicted octanol–water partition coefficient (Wildman–Crippen LogP) is 0.968. The second kappa shape index (κ2) is 5.50. The molecule has 1 fully saturated rings. The van der Waals surface area contributed by atoms with Gasteiger partial charge in [0.15, 0.2) is 5.88 Å². The minimum atomic E-state index is -0.344. The Morgan fingerprint density at radius 1 is 1.53 bits per heavy atom. The molecule has 0 bridgehead atoms. The van der Waals surface area contributed by atoms with E-state index in [1.807, 2.05) is 0 Å². The molecule has 5 heteroatoms. The maximum absolute atomic E-state index is 10.6. The first-order valence-corrected chi connectivity index (χ1v) is 4.94. The van der Waals surface area contributed by atoms with Gasteiger partial charge in [-0.1, -0.05) is 0 Å². The third-order valence-corrected chi connectivity index (χ3v) is 2.26. The Kier molecular flexibility index (Phi) is 4.30. The summed E-state index contributed by atoms with van der Waals surface area (Å²) in [4.78, 5) is 10.6. The molecule has 15 heavy (non-hydrogen) atoms. The number of carbonyl (C=O) groups excluding carboxylic acids is 1. The maximum atomic E-state index is 10.6. The monoisotopic (exact) mass is 212 g/mol. The molecule has 1 aliphatic heterocycles. The summed E-state index contributed by atoms with van der Waals surface area (Å²) in [6.07, 6.45) is 2.88. The van der Waals surface area contributed by atoms with Crippen molar-refractivity contribution in [2.24, 2.45) is 5.92 Å². The Labute approximate surface area is 88.6 Å². The van der Waals surface area contributed by atoms with Gasteiger partial charge < -0.3 is 15.3 Å². The normalized spacial score (nSPS) is 18.6. The van der Waals surface area contributed by atoms with E-state index in [4.69, 9.17) is 10.1 Å². The van der Waals surface area contributed by atoms with Gasteiger partial charge in [-0.05, 0) is 12.8 Å². The fourth-order valence-corrected chi connectivity index (χ4v) is 1.49. The zero-order valence-electron chi connectivity index (χ0n) is 8.75. The number of aliphatic hydroxyl groups is 1. The van der Waals surface area contributed by atoms with Crippen LogP contribution in [-0.4, -0.2) is 29.9 Å². The Morgan fingerprint density at radius 2 is 2.13 bits per heavy atom. The highest BCUT2D eigenvalue weighted by Crippen LogP contribution is 2.16. The van der Waals surface area contributed by atoms with Crippen LogP contribution < -0.4 is 5.32 Å². The Hall–Kier alpha value is -1.36. The van der Waals surface area contributed by atoms with Gasteiger partial charge in [-0.15, -0.1) is 0 Å². The molecule has 0 radical (unpaired) electrons. The molecule has 1 saturated heterocycles. The molecule has 1 rings (SSSR count). The summed E-state index contributed by atoms with van der Waals surface area (Å²) in [7, 11) is 0. The fraction of sp³-hybridized carbons (Fsp3) is 0.600. The molecule has 1 aliphatic rings. The van der Waals surface area contributed by atoms with Crippen LogP contribution in [0.25, 0.3) is 0 Å². The number of hydrogen-bond donors (Lipinski definition) is 3. The van der Waals surface area contributed by atoms with Crippen LogP contribution in [0.1, 0.15) is 19.8 Å². The fourth-order valence-electron chi connectivity index (χ4n) is 1.49. The molecule has 84 valence electrons. The summed E-state index contributed by atoms with van der Waals surface area (Å²) >= 11 is 0. The van der Waals surface area contributed by atoms with Gasteiger partial charge in [0.25, 0.3) is 0 Å². The van der Waals surface area contributed by atoms with E-state index < -0.39 is 0 Å². The highest BCUT2D eigenvalue weighted by molar-refractivity contribution is 5.95. The molecule has 0 spiro atoms. The van der Waals surface area contributed by atoms with Crippen LogP contribution in [0.3, 0.4) is 0 Å². The zero-order chi connectivity index (χ0) is 11.3. The lowest BCUT2D eigenvalue weighted by molar-refractivity contribution is -0.118. The molecular formula is C10H16N2O3. The molecule has 0 saturated carbocycles. The van der Waals surface area contributed by atoms with Gasteiger partial charge in [-0.25, -0.2) is 0 Å². The van der Waals surface area contributed by atoms with E-state index >= 15 is 0 Å². The number of amides is 1. The summed E-state index contributed by atoms with van der Waals surface area (Å²) in [6, 6.07) is 0. The quantitative estimate of drug-likeness (QED) is 0.481. The lowest BCUT2D eigenvalue weighted by Gasteiger charge is -2.21. The Morgan fingerprint density at radius 3 is 2.67 bits per heavy atom. The largest absolute Gasteiger partial charge is 0.494 e. The van der Waals surface area contributed by atoms with Crippen molar-refractivity contribution in [1.82, 2.24) is 5.32 Å². The van der Waals surface area contributed by atoms with E-state index in [9.17, 15) is 9.90 Å². The third-order valence-electron chi connectivity index (χ3n) is 2.26. The summed E-state index contributed by atoms with van der Waals surface area (Å²) < 4.78 is 5.17. The number of rotatable bonds is 3. The van der Waals surface area contributed by atoms with Crippen LogP contribution in [0, 0.1) is 11.3 Å². The smallest absolute Gasteiger partial charge is 0.223 e. The lowest BCUT2D eigenvalue weighted by Crippen LogP contribution is -2.24. The molecule has 0 aromatic rings. The molecule has 1 amide bonds. The standard InChI is InChI=1S/C10H16N2O3/c1-7(13)12-10(14)6-9(11)8-2-4-15-5-3-8/h6,8,11,14H,2-5H2,1H3,(H,12,13)/b10-6-,11-9?. The van der Waals surface area contributed by atoms with Crippen molar-refractivity contribution < 1.29 is 14.6 Å². The van der Waals surface area contributed by atoms with Gasteiger partial charge in [0.1, 0.15) is 0 Å². The van der Waals surface area contributed by atoms with E-state index in [0.29, 0.717) is 18.9 Å². The van der Waals surface area contributed by atoms with Gasteiger partial charge in [-0.2, -0.15) is 0 Å². The molecule has 0 aromatic heterocycles. The van der Waals surface area contributed by atoms with Gasteiger partial charge in [0.2, 0.25) is 5.91 Å². The van der Waals surface area contributed by atoms with E-state index in [1.54, 1.807) is 0 Å². The first-order valence-electron chi connectivity index (χ1n) is 4.94. The SMILES string of the molecule is CC(=O)N/C(O)=C/C(=N)C1CCOCC1. The molecule has 0 aromatic carbocycles. The van der Waals surface area contributed by atoms with Crippen molar-refractivity contribution in [2.75, 3.05) is 13.2 Å². The summed E-state index contributed by atoms with van der Waals surface area (Å²) in [6.45, 7) is 2.62. The van der Waals surface area contributed by atoms with Gasteiger partial charge in [-0.3, -0.25) is 10.1 Å². The topological polar surface area (TPSA) is 82.4 Å². The lowest BCUT2D eigenvalue weighted by atomic mass is 9.94. The average Bonchev–Trinajstić information content (AvgIpc) is 2.17. The van der Waals surface area contributed by atoms with Crippen LogP contribution in [0.5, 0.6) is 0 Å². The second-order valence-electron chi connectivity index (χ2n) is 3.55. The molecule has 1 heterocycles. The van der Waals surface area contributed by atoms with Crippen molar-refractivity contribution in [3.05, 3.63) is 12.0 Å². The van der Waals surface area contributed by atoms with Crippen LogP contribution in [0.2, 0.25) is 0 Å². The van der Waals surface area contributed by atoms with Crippen LogP contribution in [-0.2, 0) is 9.53 Å². The number of carbonyl (C=O) groups is 1. The average molecular weight is 212 g/mol. The van der Waals surface area contributed by atoms with Gasteiger partial charge in [0.05, 0.1) is 0 Å². The van der Waals surface area contributed by atoms with Gasteiger partial charge in [0, 0.05) is 37.8 Å². The van der Waals surface area contributed by atoms with Crippen LogP contribution >= 0.6 is 0 Å². The zero-order valence-corrected chi connectivity index (χ0v) is 8.75. The minimum absolute atomic E-state index is 0.120. The van der Waals surface area contributed by atoms with Crippen LogP contribution in [0.4, 0.5) is 0 Å². The Bertz CT molecular complexity index is 280. The second-order valence-corrected chi connectivity index (χ2v) is 3.55. The third kappa shape index (κ3) is 4.12. The molecule has 0 aliphatic carbocycles. The molecule has 0 atom stereocenters. The minimum Gasteiger partial charge on any atom is -0.494 e. The molecular weight excluding hydrogens is 196 g/mol. The summed E-state index contributed by atoms with van der Waals surface area (Å²) in [5, 5.41) is 19.2.